The first-order chi connectivity index (χ1) is 4.71. The molecule has 1 heterocycles. The van der Waals surface area contributed by atoms with Gasteiger partial charge in [-0.15, -0.1) is 0 Å². The molecule has 0 aromatic heterocycles. The fourth-order valence-electron chi connectivity index (χ4n) is 0.605. The zero-order valence-corrected chi connectivity index (χ0v) is 8.10. The highest BCUT2D eigenvalue weighted by Crippen LogP contribution is 2.10. The number of hydrogen-bond donors (Lipinski definition) is 0. The van der Waals surface area contributed by atoms with Crippen LogP contribution >= 0.6 is 8.20 Å². The quantitative estimate of drug-likeness (QED) is 0.413. The molecule has 0 unspecified atom stereocenters. The summed E-state index contributed by atoms with van der Waals surface area (Å²) in [7, 11) is -0.631. The molecule has 4 heteroatoms. The van der Waals surface area contributed by atoms with Gasteiger partial charge in [-0.3, -0.25) is 0 Å². The Morgan fingerprint density at radius 2 is 2.30 bits per heavy atom. The first-order valence-electron chi connectivity index (χ1n) is 3.19. The molecule has 2 nitrogen and oxygen atoms in total. The standard InChI is InChI=1S/C6H11O2PSi/c1-10(2)7-3-5-9-6-4-8-10/h3,5-6H,4H2,1-2H3/b5-3-. The fraction of sp³-hybridized carbons (Fsp3) is 0.500. The molecule has 1 aliphatic rings. The minimum Gasteiger partial charge on any atom is -0.526 e. The monoisotopic (exact) mass is 174 g/mol. The van der Waals surface area contributed by atoms with Gasteiger partial charge < -0.3 is 8.85 Å². The lowest BCUT2D eigenvalue weighted by Crippen LogP contribution is -2.33. The van der Waals surface area contributed by atoms with Crippen LogP contribution in [0.25, 0.3) is 0 Å². The van der Waals surface area contributed by atoms with Crippen molar-refractivity contribution < 1.29 is 8.85 Å². The van der Waals surface area contributed by atoms with E-state index in [4.69, 9.17) is 8.85 Å². The molecule has 1 aliphatic heterocycles. The lowest BCUT2D eigenvalue weighted by Gasteiger charge is -2.20. The van der Waals surface area contributed by atoms with Gasteiger partial charge in [-0.05, 0) is 24.7 Å². The third kappa shape index (κ3) is 2.65. The van der Waals surface area contributed by atoms with Gasteiger partial charge in [-0.25, -0.2) is 0 Å². The van der Waals surface area contributed by atoms with Crippen molar-refractivity contribution in [3.63, 3.8) is 0 Å². The molecule has 10 heavy (non-hydrogen) atoms. The SMILES string of the molecule is C[Si]1(C)O/C=C\P=CCO1. The highest BCUT2D eigenvalue weighted by atomic mass is 31.1. The first kappa shape index (κ1) is 7.99. The summed E-state index contributed by atoms with van der Waals surface area (Å²) >= 11 is 0. The Labute approximate surface area is 63.9 Å². The lowest BCUT2D eigenvalue weighted by atomic mass is 10.9. The minimum absolute atomic E-state index is 0.713. The lowest BCUT2D eigenvalue weighted by molar-refractivity contribution is 0.267. The first-order valence-corrected chi connectivity index (χ1v) is 7.04. The third-order valence-electron chi connectivity index (χ3n) is 1.11. The predicted molar refractivity (Wildman–Crippen MR) is 46.6 cm³/mol. The summed E-state index contributed by atoms with van der Waals surface area (Å²) in [5, 5.41) is 0. The maximum Gasteiger partial charge on any atom is 0.392 e. The minimum atomic E-state index is -1.80. The summed E-state index contributed by atoms with van der Waals surface area (Å²) in [4.78, 5) is 0. The van der Waals surface area contributed by atoms with E-state index in [1.54, 1.807) is 6.26 Å². The summed E-state index contributed by atoms with van der Waals surface area (Å²) in [5.74, 6) is 4.06. The van der Waals surface area contributed by atoms with E-state index < -0.39 is 8.56 Å². The summed E-state index contributed by atoms with van der Waals surface area (Å²) in [6.45, 7) is 4.78. The van der Waals surface area contributed by atoms with Crippen molar-refractivity contribution in [2.24, 2.45) is 0 Å². The maximum absolute atomic E-state index is 5.47. The van der Waals surface area contributed by atoms with E-state index in [0.717, 1.165) is 8.20 Å². The molecule has 56 valence electrons. The van der Waals surface area contributed by atoms with Gasteiger partial charge in [0, 0.05) is 0 Å². The van der Waals surface area contributed by atoms with Gasteiger partial charge in [0.2, 0.25) is 0 Å². The maximum atomic E-state index is 5.47. The Kier molecular flexibility index (Phi) is 2.66. The molecule has 0 aromatic rings. The van der Waals surface area contributed by atoms with Gasteiger partial charge >= 0.3 is 8.56 Å². The summed E-state index contributed by atoms with van der Waals surface area (Å²) in [6, 6.07) is 0. The smallest absolute Gasteiger partial charge is 0.392 e. The molecule has 0 aliphatic carbocycles. The molecule has 0 fully saturated rings. The summed E-state index contributed by atoms with van der Waals surface area (Å²) in [6.07, 6.45) is 1.74. The molecule has 0 spiro atoms. The van der Waals surface area contributed by atoms with Crippen LogP contribution in [-0.4, -0.2) is 21.0 Å². The second kappa shape index (κ2) is 3.33. The van der Waals surface area contributed by atoms with Crippen LogP contribution in [-0.2, 0) is 8.85 Å². The Balaban J connectivity index is 2.55. The van der Waals surface area contributed by atoms with E-state index in [2.05, 4.69) is 5.80 Å². The second-order valence-corrected chi connectivity index (χ2v) is 6.73. The van der Waals surface area contributed by atoms with E-state index in [-0.39, 0.29) is 0 Å². The van der Waals surface area contributed by atoms with Gasteiger partial charge in [-0.2, -0.15) is 0 Å². The van der Waals surface area contributed by atoms with Crippen LogP contribution in [0, 0.1) is 0 Å². The van der Waals surface area contributed by atoms with Crippen molar-refractivity contribution in [1.82, 2.24) is 0 Å². The molecule has 0 saturated heterocycles. The molecule has 1 rings (SSSR count). The molecule has 0 amide bonds. The van der Waals surface area contributed by atoms with Crippen LogP contribution < -0.4 is 0 Å². The third-order valence-corrected chi connectivity index (χ3v) is 3.33. The molecule has 0 saturated carbocycles. The number of hydrogen-bond acceptors (Lipinski definition) is 2. The van der Waals surface area contributed by atoms with Gasteiger partial charge in [0.1, 0.15) is 0 Å². The van der Waals surface area contributed by atoms with Crippen LogP contribution in [0.2, 0.25) is 13.1 Å². The average molecular weight is 174 g/mol. The van der Waals surface area contributed by atoms with Crippen LogP contribution in [0.4, 0.5) is 0 Å². The fourth-order valence-corrected chi connectivity index (χ4v) is 2.22. The summed E-state index contributed by atoms with van der Waals surface area (Å²) < 4.78 is 10.9. The molecular formula is C6H11O2PSi. The van der Waals surface area contributed by atoms with Crippen molar-refractivity contribution in [3.8, 4) is 0 Å². The zero-order chi connectivity index (χ0) is 7.45. The molecule has 0 atom stereocenters. The van der Waals surface area contributed by atoms with E-state index >= 15 is 0 Å². The van der Waals surface area contributed by atoms with Crippen molar-refractivity contribution >= 4 is 22.6 Å². The average Bonchev–Trinajstić information content (AvgIpc) is 1.81. The van der Waals surface area contributed by atoms with Crippen LogP contribution in [0.15, 0.2) is 12.1 Å². The van der Waals surface area contributed by atoms with Crippen molar-refractivity contribution in [2.45, 2.75) is 13.1 Å². The van der Waals surface area contributed by atoms with E-state index in [1.165, 1.54) is 0 Å². The van der Waals surface area contributed by atoms with Gasteiger partial charge in [0.25, 0.3) is 0 Å². The summed E-state index contributed by atoms with van der Waals surface area (Å²) in [5.41, 5.74) is 0. The van der Waals surface area contributed by atoms with Crippen molar-refractivity contribution in [1.29, 1.82) is 0 Å². The predicted octanol–water partition coefficient (Wildman–Crippen LogP) is 1.95. The topological polar surface area (TPSA) is 18.5 Å². The second-order valence-electron chi connectivity index (χ2n) is 2.45. The largest absolute Gasteiger partial charge is 0.526 e. The molecule has 0 bridgehead atoms. The van der Waals surface area contributed by atoms with Crippen molar-refractivity contribution in [2.75, 3.05) is 6.61 Å². The molecular weight excluding hydrogens is 163 g/mol. The Morgan fingerprint density at radius 1 is 1.50 bits per heavy atom. The van der Waals surface area contributed by atoms with Gasteiger partial charge in [0.05, 0.1) is 12.9 Å². The van der Waals surface area contributed by atoms with Crippen molar-refractivity contribution in [3.05, 3.63) is 12.1 Å². The Morgan fingerprint density at radius 3 is 3.10 bits per heavy atom. The van der Waals surface area contributed by atoms with Gasteiger partial charge in [-0.1, -0.05) is 8.20 Å². The highest BCUT2D eigenvalue weighted by Gasteiger charge is 2.24. The van der Waals surface area contributed by atoms with Gasteiger partial charge in [0.15, 0.2) is 0 Å². The normalized spacial score (nSPS) is 27.8. The van der Waals surface area contributed by atoms with Crippen LogP contribution in [0.1, 0.15) is 0 Å². The van der Waals surface area contributed by atoms with E-state index in [9.17, 15) is 0 Å². The molecule has 0 radical (unpaired) electrons. The Bertz CT molecular complexity index is 165. The molecule has 0 N–H and O–H groups in total. The van der Waals surface area contributed by atoms with E-state index in [1.807, 2.05) is 18.9 Å². The number of rotatable bonds is 0. The van der Waals surface area contributed by atoms with E-state index in [0.29, 0.717) is 6.61 Å². The molecule has 0 aromatic carbocycles. The van der Waals surface area contributed by atoms with Crippen LogP contribution in [0.3, 0.4) is 0 Å². The van der Waals surface area contributed by atoms with Crippen LogP contribution in [0.5, 0.6) is 0 Å². The Hall–Kier alpha value is -0.113. The highest BCUT2D eigenvalue weighted by molar-refractivity contribution is 7.42. The zero-order valence-electron chi connectivity index (χ0n) is 6.20.